The van der Waals surface area contributed by atoms with Crippen molar-refractivity contribution in [1.82, 2.24) is 20.2 Å². The Morgan fingerprint density at radius 3 is 2.78 bits per heavy atom. The van der Waals surface area contributed by atoms with Crippen LogP contribution >= 0.6 is 11.3 Å². The number of aromatic nitrogens is 2. The number of nitrogens with zero attached hydrogens (tertiary/aromatic N) is 2. The fourth-order valence-electron chi connectivity index (χ4n) is 3.25. The number of aromatic amines is 1. The van der Waals surface area contributed by atoms with E-state index in [1.807, 2.05) is 43.3 Å². The summed E-state index contributed by atoms with van der Waals surface area (Å²) in [4.78, 5) is 35.8. The molecule has 1 aliphatic rings. The second-order valence-electron chi connectivity index (χ2n) is 7.22. The summed E-state index contributed by atoms with van der Waals surface area (Å²) in [6, 6.07) is 11.5. The van der Waals surface area contributed by atoms with E-state index in [1.165, 1.54) is 11.3 Å². The molecule has 6 nitrogen and oxygen atoms in total. The van der Waals surface area contributed by atoms with Gasteiger partial charge < -0.3 is 15.2 Å². The van der Waals surface area contributed by atoms with Crippen molar-refractivity contribution in [1.29, 1.82) is 0 Å². The van der Waals surface area contributed by atoms with Gasteiger partial charge in [0.15, 0.2) is 0 Å². The third-order valence-electron chi connectivity index (χ3n) is 4.92. The molecule has 0 saturated heterocycles. The van der Waals surface area contributed by atoms with Crippen LogP contribution in [0.25, 0.3) is 11.0 Å². The van der Waals surface area contributed by atoms with Crippen molar-refractivity contribution in [2.75, 3.05) is 14.1 Å². The van der Waals surface area contributed by atoms with Crippen LogP contribution in [-0.2, 0) is 4.79 Å². The summed E-state index contributed by atoms with van der Waals surface area (Å²) >= 11 is 1.43. The normalized spacial score (nSPS) is 19.7. The number of carbonyl (C=O) groups excluding carboxylic acids is 2. The van der Waals surface area contributed by atoms with Crippen molar-refractivity contribution in [3.63, 3.8) is 0 Å². The van der Waals surface area contributed by atoms with Gasteiger partial charge in [-0.25, -0.2) is 4.98 Å². The van der Waals surface area contributed by atoms with E-state index in [0.717, 1.165) is 28.2 Å². The van der Waals surface area contributed by atoms with Gasteiger partial charge >= 0.3 is 0 Å². The number of thiophene rings is 1. The molecule has 140 valence electrons. The second kappa shape index (κ2) is 6.81. The minimum absolute atomic E-state index is 0.0167. The number of nitrogens with one attached hydrogen (secondary N) is 2. The molecule has 1 aromatic carbocycles. The van der Waals surface area contributed by atoms with Crippen LogP contribution in [0.2, 0.25) is 0 Å². The van der Waals surface area contributed by atoms with Crippen LogP contribution in [0.15, 0.2) is 36.4 Å². The summed E-state index contributed by atoms with van der Waals surface area (Å²) in [6.45, 7) is 1.95. The number of amides is 2. The summed E-state index contributed by atoms with van der Waals surface area (Å²) < 4.78 is 0. The zero-order valence-electron chi connectivity index (χ0n) is 15.5. The predicted octanol–water partition coefficient (Wildman–Crippen LogP) is 3.31. The van der Waals surface area contributed by atoms with E-state index in [2.05, 4.69) is 15.3 Å². The molecular formula is C20H22N4O2S. The Labute approximate surface area is 161 Å². The first-order valence-corrected chi connectivity index (χ1v) is 9.82. The number of hydrogen-bond acceptors (Lipinski definition) is 4. The minimum atomic E-state index is -0.122. The Bertz CT molecular complexity index is 973. The number of hydrogen-bond donors (Lipinski definition) is 2. The Morgan fingerprint density at radius 1 is 1.26 bits per heavy atom. The van der Waals surface area contributed by atoms with Crippen molar-refractivity contribution in [3.05, 3.63) is 52.0 Å². The fourth-order valence-corrected chi connectivity index (χ4v) is 4.28. The van der Waals surface area contributed by atoms with Crippen molar-refractivity contribution in [2.24, 2.45) is 5.92 Å². The predicted molar refractivity (Wildman–Crippen MR) is 106 cm³/mol. The van der Waals surface area contributed by atoms with Gasteiger partial charge in [-0.05, 0) is 37.6 Å². The van der Waals surface area contributed by atoms with Gasteiger partial charge in [0.2, 0.25) is 5.91 Å². The average Bonchev–Trinajstić information content (AvgIpc) is 3.11. The quantitative estimate of drug-likeness (QED) is 0.711. The third-order valence-corrected chi connectivity index (χ3v) is 6.17. The Hall–Kier alpha value is -2.67. The number of H-pyrrole nitrogens is 1. The summed E-state index contributed by atoms with van der Waals surface area (Å²) in [6.07, 6.45) is 0.813. The molecule has 1 aliphatic carbocycles. The molecule has 27 heavy (non-hydrogen) atoms. The molecule has 0 spiro atoms. The third kappa shape index (κ3) is 3.47. The molecule has 1 fully saturated rings. The smallest absolute Gasteiger partial charge is 0.263 e. The monoisotopic (exact) mass is 382 g/mol. The summed E-state index contributed by atoms with van der Waals surface area (Å²) in [7, 11) is 3.47. The van der Waals surface area contributed by atoms with E-state index >= 15 is 0 Å². The molecule has 0 radical (unpaired) electrons. The van der Waals surface area contributed by atoms with E-state index in [4.69, 9.17) is 0 Å². The maximum atomic E-state index is 12.6. The van der Waals surface area contributed by atoms with Crippen LogP contribution in [0, 0.1) is 5.92 Å². The van der Waals surface area contributed by atoms with Gasteiger partial charge in [-0.3, -0.25) is 9.59 Å². The van der Waals surface area contributed by atoms with Crippen LogP contribution in [0.4, 0.5) is 0 Å². The topological polar surface area (TPSA) is 78.1 Å². The first-order chi connectivity index (χ1) is 12.9. The largest absolute Gasteiger partial charge is 0.349 e. The van der Waals surface area contributed by atoms with E-state index in [-0.39, 0.29) is 29.7 Å². The molecule has 2 N–H and O–H groups in total. The van der Waals surface area contributed by atoms with E-state index < -0.39 is 0 Å². The number of carbonyl (C=O) groups is 2. The highest BCUT2D eigenvalue weighted by atomic mass is 32.1. The van der Waals surface area contributed by atoms with Gasteiger partial charge in [0.1, 0.15) is 5.82 Å². The molecule has 2 aromatic heterocycles. The summed E-state index contributed by atoms with van der Waals surface area (Å²) in [5.41, 5.74) is 1.94. The standard InChI is InChI=1S/C20H22N4O2S/c1-11(16-8-9-17(27-16)20(26)24(2)3)21-19(25)13-10-12(13)18-22-14-6-4-5-7-15(14)23-18/h4-9,11-13H,10H2,1-3H3,(H,21,25)(H,22,23)/t11-,12?,13?/m1/s1. The average molecular weight is 382 g/mol. The van der Waals surface area contributed by atoms with Crippen LogP contribution in [0.3, 0.4) is 0 Å². The highest BCUT2D eigenvalue weighted by molar-refractivity contribution is 7.14. The first kappa shape index (κ1) is 17.7. The lowest BCUT2D eigenvalue weighted by Crippen LogP contribution is -2.28. The Balaban J connectivity index is 1.39. The maximum absolute atomic E-state index is 12.6. The molecule has 0 aliphatic heterocycles. The number of rotatable bonds is 5. The van der Waals surface area contributed by atoms with Crippen LogP contribution in [-0.4, -0.2) is 40.8 Å². The SMILES string of the molecule is C[C@@H](NC(=O)C1CC1c1nc2ccccc2[nH]1)c1ccc(C(=O)N(C)C)s1. The first-order valence-electron chi connectivity index (χ1n) is 9.00. The number of imidazole rings is 1. The van der Waals surface area contributed by atoms with E-state index in [1.54, 1.807) is 19.0 Å². The highest BCUT2D eigenvalue weighted by Gasteiger charge is 2.46. The molecule has 2 unspecified atom stereocenters. The minimum Gasteiger partial charge on any atom is -0.349 e. The van der Waals surface area contributed by atoms with Crippen molar-refractivity contribution in [3.8, 4) is 0 Å². The lowest BCUT2D eigenvalue weighted by Gasteiger charge is -2.12. The highest BCUT2D eigenvalue weighted by Crippen LogP contribution is 2.47. The number of para-hydroxylation sites is 2. The van der Waals surface area contributed by atoms with Gasteiger partial charge in [0.25, 0.3) is 5.91 Å². The Kier molecular flexibility index (Phi) is 4.47. The van der Waals surface area contributed by atoms with Gasteiger partial charge in [0.05, 0.1) is 22.0 Å². The molecule has 7 heteroatoms. The fraction of sp³-hybridized carbons (Fsp3) is 0.350. The summed E-state index contributed by atoms with van der Waals surface area (Å²) in [5.74, 6) is 1.02. The number of fused-ring (bicyclic) bond motifs is 1. The van der Waals surface area contributed by atoms with Gasteiger partial charge in [-0.2, -0.15) is 0 Å². The molecule has 2 amide bonds. The van der Waals surface area contributed by atoms with Crippen molar-refractivity contribution in [2.45, 2.75) is 25.3 Å². The van der Waals surface area contributed by atoms with E-state index in [0.29, 0.717) is 4.88 Å². The molecule has 2 heterocycles. The lowest BCUT2D eigenvalue weighted by molar-refractivity contribution is -0.123. The maximum Gasteiger partial charge on any atom is 0.263 e. The molecule has 0 bridgehead atoms. The van der Waals surface area contributed by atoms with Crippen LogP contribution in [0.1, 0.15) is 45.7 Å². The molecule has 4 rings (SSSR count). The van der Waals surface area contributed by atoms with Crippen LogP contribution in [0.5, 0.6) is 0 Å². The van der Waals surface area contributed by atoms with Gasteiger partial charge in [0, 0.05) is 30.8 Å². The van der Waals surface area contributed by atoms with E-state index in [9.17, 15) is 9.59 Å². The second-order valence-corrected chi connectivity index (χ2v) is 8.34. The molecule has 1 saturated carbocycles. The van der Waals surface area contributed by atoms with Crippen LogP contribution < -0.4 is 5.32 Å². The zero-order valence-corrected chi connectivity index (χ0v) is 16.3. The van der Waals surface area contributed by atoms with Gasteiger partial charge in [-0.1, -0.05) is 12.1 Å². The van der Waals surface area contributed by atoms with Gasteiger partial charge in [-0.15, -0.1) is 11.3 Å². The van der Waals surface area contributed by atoms with Crippen molar-refractivity contribution < 1.29 is 9.59 Å². The molecule has 3 aromatic rings. The zero-order chi connectivity index (χ0) is 19.1. The number of benzene rings is 1. The van der Waals surface area contributed by atoms with Crippen molar-refractivity contribution >= 4 is 34.2 Å². The molecule has 3 atom stereocenters. The lowest BCUT2D eigenvalue weighted by atomic mass is 10.2. The molecular weight excluding hydrogens is 360 g/mol. The Morgan fingerprint density at radius 2 is 2.04 bits per heavy atom. The summed E-state index contributed by atoms with van der Waals surface area (Å²) in [5, 5.41) is 3.08.